The van der Waals surface area contributed by atoms with E-state index in [9.17, 15) is 9.59 Å². The van der Waals surface area contributed by atoms with Crippen molar-refractivity contribution in [1.29, 1.82) is 0 Å². The SMILES string of the molecule is Cc1cnc(COc2cc3c(C(=O)N4CCCCC4)cc(C(=O)N4CCC(C)(c5ccccc5)CC4)cc3cn2)c(Cl)c1. The van der Waals surface area contributed by atoms with Crippen LogP contribution in [0.1, 0.15) is 76.6 Å². The molecule has 4 heterocycles. The second-order valence-corrected chi connectivity index (χ2v) is 12.5. The van der Waals surface area contributed by atoms with Crippen molar-refractivity contribution in [3.8, 4) is 5.88 Å². The number of amides is 2. The molecule has 8 heteroatoms. The van der Waals surface area contributed by atoms with E-state index in [0.29, 0.717) is 53.9 Å². The molecular weight excluding hydrogens is 560 g/mol. The number of ether oxygens (including phenoxy) is 1. The van der Waals surface area contributed by atoms with Crippen LogP contribution in [0.15, 0.2) is 67.0 Å². The quantitative estimate of drug-likeness (QED) is 0.240. The first-order valence-corrected chi connectivity index (χ1v) is 15.5. The summed E-state index contributed by atoms with van der Waals surface area (Å²) in [4.78, 5) is 40.4. The molecule has 2 saturated heterocycles. The van der Waals surface area contributed by atoms with Gasteiger partial charge in [-0.3, -0.25) is 14.6 Å². The highest BCUT2D eigenvalue weighted by molar-refractivity contribution is 6.31. The summed E-state index contributed by atoms with van der Waals surface area (Å²) in [5, 5.41) is 1.98. The zero-order valence-electron chi connectivity index (χ0n) is 24.8. The predicted octanol–water partition coefficient (Wildman–Crippen LogP) is 6.99. The minimum atomic E-state index is -0.0601. The Morgan fingerprint density at radius 2 is 1.60 bits per heavy atom. The van der Waals surface area contributed by atoms with E-state index in [-0.39, 0.29) is 23.8 Å². The van der Waals surface area contributed by atoms with Gasteiger partial charge in [-0.25, -0.2) is 4.98 Å². The molecule has 0 radical (unpaired) electrons. The average Bonchev–Trinajstić information content (AvgIpc) is 3.04. The van der Waals surface area contributed by atoms with Crippen molar-refractivity contribution >= 4 is 34.2 Å². The van der Waals surface area contributed by atoms with Crippen molar-refractivity contribution in [2.24, 2.45) is 0 Å². The number of hydrogen-bond donors (Lipinski definition) is 0. The maximum Gasteiger partial charge on any atom is 0.254 e. The molecule has 0 unspecified atom stereocenters. The molecule has 2 aliphatic heterocycles. The average molecular weight is 597 g/mol. The number of aryl methyl sites for hydroxylation is 1. The molecule has 0 aliphatic carbocycles. The van der Waals surface area contributed by atoms with Gasteiger partial charge < -0.3 is 14.5 Å². The summed E-state index contributed by atoms with van der Waals surface area (Å²) in [5.74, 6) is 0.258. The molecule has 2 fully saturated rings. The van der Waals surface area contributed by atoms with Gasteiger partial charge in [0.25, 0.3) is 11.8 Å². The van der Waals surface area contributed by atoms with E-state index in [1.54, 1.807) is 24.5 Å². The van der Waals surface area contributed by atoms with Crippen LogP contribution in [0.2, 0.25) is 5.02 Å². The Labute approximate surface area is 257 Å². The second-order valence-electron chi connectivity index (χ2n) is 12.1. The van der Waals surface area contributed by atoms with Crippen LogP contribution >= 0.6 is 11.6 Å². The first-order valence-electron chi connectivity index (χ1n) is 15.1. The van der Waals surface area contributed by atoms with Gasteiger partial charge in [-0.15, -0.1) is 0 Å². The molecule has 0 N–H and O–H groups in total. The molecule has 2 amide bonds. The first kappa shape index (κ1) is 29.1. The van der Waals surface area contributed by atoms with Crippen LogP contribution in [-0.4, -0.2) is 57.8 Å². The summed E-state index contributed by atoms with van der Waals surface area (Å²) < 4.78 is 5.97. The fraction of sp³-hybridized carbons (Fsp3) is 0.371. The third-order valence-electron chi connectivity index (χ3n) is 8.97. The lowest BCUT2D eigenvalue weighted by molar-refractivity contribution is 0.0676. The monoisotopic (exact) mass is 596 g/mol. The number of halogens is 1. The maximum atomic E-state index is 13.9. The molecule has 43 heavy (non-hydrogen) atoms. The molecular formula is C35H37ClN4O3. The fourth-order valence-corrected chi connectivity index (χ4v) is 6.49. The largest absolute Gasteiger partial charge is 0.471 e. The van der Waals surface area contributed by atoms with E-state index in [1.807, 2.05) is 34.9 Å². The van der Waals surface area contributed by atoms with Crippen molar-refractivity contribution in [1.82, 2.24) is 19.8 Å². The van der Waals surface area contributed by atoms with E-state index in [0.717, 1.165) is 48.4 Å². The van der Waals surface area contributed by atoms with Gasteiger partial charge in [-0.1, -0.05) is 48.9 Å². The Bertz CT molecular complexity index is 1640. The summed E-state index contributed by atoms with van der Waals surface area (Å²) in [6, 6.07) is 17.8. The predicted molar refractivity (Wildman–Crippen MR) is 169 cm³/mol. The third kappa shape index (κ3) is 6.23. The molecule has 222 valence electrons. The normalized spacial score (nSPS) is 16.7. The molecule has 0 bridgehead atoms. The topological polar surface area (TPSA) is 75.6 Å². The highest BCUT2D eigenvalue weighted by Crippen LogP contribution is 2.36. The van der Waals surface area contributed by atoms with Crippen molar-refractivity contribution < 1.29 is 14.3 Å². The van der Waals surface area contributed by atoms with E-state index in [2.05, 4.69) is 41.2 Å². The van der Waals surface area contributed by atoms with Gasteiger partial charge in [0.05, 0.1) is 10.7 Å². The number of piperidine rings is 2. The number of rotatable bonds is 6. The molecule has 2 aromatic carbocycles. The van der Waals surface area contributed by atoms with Gasteiger partial charge in [0.2, 0.25) is 5.88 Å². The number of hydrogen-bond acceptors (Lipinski definition) is 5. The number of carbonyl (C=O) groups excluding carboxylic acids is 2. The third-order valence-corrected chi connectivity index (χ3v) is 9.29. The van der Waals surface area contributed by atoms with Crippen molar-refractivity contribution in [3.05, 3.63) is 100.0 Å². The fourth-order valence-electron chi connectivity index (χ4n) is 6.21. The standard InChI is InChI=1S/C35H37ClN4O3/c1-24-17-30(36)31(37-21-24)23-43-32-20-28-26(22-38-32)18-25(19-29(28)34(42)39-13-7-4-8-14-39)33(41)40-15-11-35(2,12-16-40)27-9-5-3-6-10-27/h3,5-6,9-10,17-22H,4,7-8,11-16,23H2,1-2H3. The van der Waals surface area contributed by atoms with Crippen LogP contribution in [0.3, 0.4) is 0 Å². The molecule has 2 aromatic heterocycles. The second kappa shape index (κ2) is 12.3. The number of pyridine rings is 2. The van der Waals surface area contributed by atoms with Gasteiger partial charge >= 0.3 is 0 Å². The van der Waals surface area contributed by atoms with E-state index in [1.165, 1.54) is 5.56 Å². The molecule has 2 aliphatic rings. The number of benzene rings is 2. The van der Waals surface area contributed by atoms with Crippen LogP contribution in [0.5, 0.6) is 5.88 Å². The van der Waals surface area contributed by atoms with Crippen LogP contribution in [0, 0.1) is 6.92 Å². The molecule has 6 rings (SSSR count). The molecule has 7 nitrogen and oxygen atoms in total. The number of aromatic nitrogens is 2. The zero-order chi connectivity index (χ0) is 30.0. The molecule has 0 saturated carbocycles. The van der Waals surface area contributed by atoms with Crippen molar-refractivity contribution in [3.63, 3.8) is 0 Å². The first-order chi connectivity index (χ1) is 20.8. The Balaban J connectivity index is 1.28. The van der Waals surface area contributed by atoms with Gasteiger partial charge in [-0.05, 0) is 73.8 Å². The molecule has 4 aromatic rings. The van der Waals surface area contributed by atoms with Gasteiger partial charge in [-0.2, -0.15) is 0 Å². The van der Waals surface area contributed by atoms with Gasteiger partial charge in [0.1, 0.15) is 6.61 Å². The number of likely N-dealkylation sites (tertiary alicyclic amines) is 2. The maximum absolute atomic E-state index is 13.9. The highest BCUT2D eigenvalue weighted by atomic mass is 35.5. The van der Waals surface area contributed by atoms with E-state index >= 15 is 0 Å². The lowest BCUT2D eigenvalue weighted by atomic mass is 9.74. The Kier molecular flexibility index (Phi) is 8.35. The van der Waals surface area contributed by atoms with Crippen LogP contribution < -0.4 is 4.74 Å². The highest BCUT2D eigenvalue weighted by Gasteiger charge is 2.34. The Morgan fingerprint density at radius 1 is 0.884 bits per heavy atom. The minimum absolute atomic E-state index is 0.0372. The van der Waals surface area contributed by atoms with Crippen LogP contribution in [-0.2, 0) is 12.0 Å². The summed E-state index contributed by atoms with van der Waals surface area (Å²) >= 11 is 6.35. The van der Waals surface area contributed by atoms with E-state index in [4.69, 9.17) is 16.3 Å². The summed E-state index contributed by atoms with van der Waals surface area (Å²) in [5.41, 5.74) is 3.96. The van der Waals surface area contributed by atoms with Crippen molar-refractivity contribution in [2.75, 3.05) is 26.2 Å². The summed E-state index contributed by atoms with van der Waals surface area (Å²) in [6.07, 6.45) is 8.29. The smallest absolute Gasteiger partial charge is 0.254 e. The summed E-state index contributed by atoms with van der Waals surface area (Å²) in [6.45, 7) is 7.13. The Morgan fingerprint density at radius 3 is 2.33 bits per heavy atom. The Hall–Kier alpha value is -3.97. The number of carbonyl (C=O) groups is 2. The van der Waals surface area contributed by atoms with Crippen LogP contribution in [0.25, 0.3) is 10.8 Å². The van der Waals surface area contributed by atoms with Crippen molar-refractivity contribution in [2.45, 2.75) is 58.0 Å². The lowest BCUT2D eigenvalue weighted by Crippen LogP contribution is -2.44. The van der Waals surface area contributed by atoms with E-state index < -0.39 is 0 Å². The zero-order valence-corrected chi connectivity index (χ0v) is 25.6. The number of fused-ring (bicyclic) bond motifs is 1. The van der Waals surface area contributed by atoms with Gasteiger partial charge in [0.15, 0.2) is 0 Å². The summed E-state index contributed by atoms with van der Waals surface area (Å²) in [7, 11) is 0. The number of nitrogens with zero attached hydrogens (tertiary/aromatic N) is 4. The van der Waals surface area contributed by atoms with Crippen LogP contribution in [0.4, 0.5) is 0 Å². The molecule has 0 spiro atoms. The van der Waals surface area contributed by atoms with Gasteiger partial charge in [0, 0.05) is 66.5 Å². The lowest BCUT2D eigenvalue weighted by Gasteiger charge is -2.40. The molecule has 0 atom stereocenters. The minimum Gasteiger partial charge on any atom is -0.471 e.